The molecule has 0 N–H and O–H groups in total. The van der Waals surface area contributed by atoms with Crippen LogP contribution in [0.15, 0.2) is 0 Å². The van der Waals surface area contributed by atoms with Gasteiger partial charge in [0.15, 0.2) is 0 Å². The third-order valence-corrected chi connectivity index (χ3v) is 2.75. The van der Waals surface area contributed by atoms with Gasteiger partial charge in [-0.05, 0) is 12.3 Å². The van der Waals surface area contributed by atoms with Gasteiger partial charge >= 0.3 is 0 Å². The molecule has 0 aromatic heterocycles. The van der Waals surface area contributed by atoms with Crippen molar-refractivity contribution in [1.82, 2.24) is 0 Å². The van der Waals surface area contributed by atoms with Gasteiger partial charge in [-0.1, -0.05) is 6.92 Å². The molecule has 2 bridgehead atoms. The van der Waals surface area contributed by atoms with Crippen LogP contribution in [0.3, 0.4) is 0 Å². The van der Waals surface area contributed by atoms with E-state index in [0.29, 0.717) is 24.4 Å². The molecule has 3 heterocycles. The molecule has 3 aliphatic rings. The molecule has 0 amide bonds. The van der Waals surface area contributed by atoms with Crippen molar-refractivity contribution in [3.05, 3.63) is 0 Å². The molecule has 0 radical (unpaired) electrons. The highest BCUT2D eigenvalue weighted by Crippen LogP contribution is 2.50. The van der Waals surface area contributed by atoms with Crippen molar-refractivity contribution in [3.8, 4) is 0 Å². The Bertz CT molecular complexity index is 153. The first-order valence-corrected chi connectivity index (χ1v) is 3.67. The Hall–Kier alpha value is -0.0800. The highest BCUT2D eigenvalue weighted by molar-refractivity contribution is 5.10. The number of epoxide rings is 1. The van der Waals surface area contributed by atoms with Gasteiger partial charge in [0, 0.05) is 0 Å². The Labute approximate surface area is 54.1 Å². The SMILES string of the molecule is CC1CC2OC1C1OC21. The fraction of sp³-hybridized carbons (Fsp3) is 1.00. The normalized spacial score (nSPS) is 68.3. The maximum Gasteiger partial charge on any atom is 0.113 e. The van der Waals surface area contributed by atoms with Crippen molar-refractivity contribution in [2.24, 2.45) is 5.92 Å². The molecular weight excluding hydrogens is 116 g/mol. The van der Waals surface area contributed by atoms with Gasteiger partial charge < -0.3 is 9.47 Å². The zero-order chi connectivity index (χ0) is 6.01. The van der Waals surface area contributed by atoms with E-state index in [1.807, 2.05) is 0 Å². The first-order chi connectivity index (χ1) is 4.36. The van der Waals surface area contributed by atoms with Gasteiger partial charge in [-0.15, -0.1) is 0 Å². The minimum atomic E-state index is 0.458. The maximum atomic E-state index is 5.62. The molecule has 9 heavy (non-hydrogen) atoms. The first-order valence-electron chi connectivity index (χ1n) is 3.67. The molecule has 0 aromatic rings. The van der Waals surface area contributed by atoms with Crippen LogP contribution < -0.4 is 0 Å². The summed E-state index contributed by atoms with van der Waals surface area (Å²) in [6, 6.07) is 0. The standard InChI is InChI=1S/C7H10O2/c1-3-2-4-6-7(9-6)5(3)8-4/h3-7H,2H2,1H3. The second kappa shape index (κ2) is 1.18. The van der Waals surface area contributed by atoms with Crippen LogP contribution in [0.25, 0.3) is 0 Å². The molecule has 5 atom stereocenters. The summed E-state index contributed by atoms with van der Waals surface area (Å²) in [5, 5.41) is 0. The number of rotatable bonds is 0. The molecule has 0 saturated carbocycles. The Morgan fingerprint density at radius 1 is 1.11 bits per heavy atom. The van der Waals surface area contributed by atoms with Crippen LogP contribution in [0.4, 0.5) is 0 Å². The van der Waals surface area contributed by atoms with Crippen LogP contribution in [-0.4, -0.2) is 24.4 Å². The van der Waals surface area contributed by atoms with Crippen molar-refractivity contribution in [3.63, 3.8) is 0 Å². The van der Waals surface area contributed by atoms with Gasteiger partial charge in [-0.3, -0.25) is 0 Å². The number of hydrogen-bond donors (Lipinski definition) is 0. The van der Waals surface area contributed by atoms with Crippen LogP contribution in [0.5, 0.6) is 0 Å². The minimum Gasteiger partial charge on any atom is -0.369 e. The van der Waals surface area contributed by atoms with E-state index < -0.39 is 0 Å². The largest absolute Gasteiger partial charge is 0.369 e. The van der Waals surface area contributed by atoms with E-state index in [9.17, 15) is 0 Å². The van der Waals surface area contributed by atoms with E-state index in [4.69, 9.17) is 9.47 Å². The van der Waals surface area contributed by atoms with Gasteiger partial charge in [0.2, 0.25) is 0 Å². The summed E-state index contributed by atoms with van der Waals surface area (Å²) in [5.41, 5.74) is 0. The molecular formula is C7H10O2. The molecule has 3 aliphatic heterocycles. The number of ether oxygens (including phenoxy) is 2. The van der Waals surface area contributed by atoms with Crippen molar-refractivity contribution in [2.75, 3.05) is 0 Å². The third-order valence-electron chi connectivity index (χ3n) is 2.75. The van der Waals surface area contributed by atoms with Gasteiger partial charge in [0.1, 0.15) is 12.2 Å². The van der Waals surface area contributed by atoms with E-state index in [-0.39, 0.29) is 0 Å². The summed E-state index contributed by atoms with van der Waals surface area (Å²) in [4.78, 5) is 0. The van der Waals surface area contributed by atoms with Crippen LogP contribution in [0.2, 0.25) is 0 Å². The van der Waals surface area contributed by atoms with Crippen molar-refractivity contribution in [1.29, 1.82) is 0 Å². The molecule has 50 valence electrons. The molecule has 0 aliphatic carbocycles. The van der Waals surface area contributed by atoms with Crippen LogP contribution >= 0.6 is 0 Å². The lowest BCUT2D eigenvalue weighted by Crippen LogP contribution is -2.20. The first kappa shape index (κ1) is 4.69. The molecule has 2 heteroatoms. The quantitative estimate of drug-likeness (QED) is 0.442. The van der Waals surface area contributed by atoms with E-state index in [1.54, 1.807) is 0 Å². The predicted octanol–water partition coefficient (Wildman–Crippen LogP) is 0.561. The molecule has 0 aromatic carbocycles. The topological polar surface area (TPSA) is 21.8 Å². The second-order valence-corrected chi connectivity index (χ2v) is 3.42. The van der Waals surface area contributed by atoms with Crippen molar-refractivity contribution >= 4 is 0 Å². The lowest BCUT2D eigenvalue weighted by Gasteiger charge is -2.08. The molecule has 5 unspecified atom stereocenters. The molecule has 3 saturated heterocycles. The smallest absolute Gasteiger partial charge is 0.113 e. The molecule has 2 nitrogen and oxygen atoms in total. The summed E-state index contributed by atoms with van der Waals surface area (Å²) in [5.74, 6) is 0.749. The average Bonchev–Trinajstić information content (AvgIpc) is 2.46. The van der Waals surface area contributed by atoms with Gasteiger partial charge in [-0.2, -0.15) is 0 Å². The van der Waals surface area contributed by atoms with Crippen LogP contribution in [0, 0.1) is 5.92 Å². The summed E-state index contributed by atoms with van der Waals surface area (Å²) in [6.07, 6.45) is 3.16. The highest BCUT2D eigenvalue weighted by Gasteiger charge is 2.63. The lowest BCUT2D eigenvalue weighted by atomic mass is 9.91. The molecule has 0 spiro atoms. The summed E-state index contributed by atoms with van der Waals surface area (Å²) in [6.45, 7) is 2.25. The number of fused-ring (bicyclic) bond motifs is 5. The van der Waals surface area contributed by atoms with Gasteiger partial charge in [0.05, 0.1) is 12.2 Å². The summed E-state index contributed by atoms with van der Waals surface area (Å²) < 4.78 is 11.0. The molecule has 3 rings (SSSR count). The zero-order valence-corrected chi connectivity index (χ0v) is 5.41. The maximum absolute atomic E-state index is 5.62. The van der Waals surface area contributed by atoms with E-state index in [0.717, 1.165) is 5.92 Å². The highest BCUT2D eigenvalue weighted by atomic mass is 16.7. The van der Waals surface area contributed by atoms with Crippen molar-refractivity contribution in [2.45, 2.75) is 37.8 Å². The zero-order valence-electron chi connectivity index (χ0n) is 5.41. The van der Waals surface area contributed by atoms with E-state index in [1.165, 1.54) is 6.42 Å². The Morgan fingerprint density at radius 2 is 2.00 bits per heavy atom. The van der Waals surface area contributed by atoms with Crippen molar-refractivity contribution < 1.29 is 9.47 Å². The summed E-state index contributed by atoms with van der Waals surface area (Å²) >= 11 is 0. The van der Waals surface area contributed by atoms with Gasteiger partial charge in [0.25, 0.3) is 0 Å². The third kappa shape index (κ3) is 0.413. The lowest BCUT2D eigenvalue weighted by molar-refractivity contribution is 0.0133. The average molecular weight is 126 g/mol. The fourth-order valence-electron chi connectivity index (χ4n) is 2.20. The fourth-order valence-corrected chi connectivity index (χ4v) is 2.20. The van der Waals surface area contributed by atoms with Gasteiger partial charge in [-0.25, -0.2) is 0 Å². The van der Waals surface area contributed by atoms with E-state index in [2.05, 4.69) is 6.92 Å². The summed E-state index contributed by atoms with van der Waals surface area (Å²) in [7, 11) is 0. The second-order valence-electron chi connectivity index (χ2n) is 3.42. The Morgan fingerprint density at radius 3 is 2.56 bits per heavy atom. The predicted molar refractivity (Wildman–Crippen MR) is 31.1 cm³/mol. The van der Waals surface area contributed by atoms with Crippen LogP contribution in [-0.2, 0) is 9.47 Å². The molecule has 3 fully saturated rings. The van der Waals surface area contributed by atoms with E-state index >= 15 is 0 Å². The minimum absolute atomic E-state index is 0.458. The van der Waals surface area contributed by atoms with Crippen LogP contribution in [0.1, 0.15) is 13.3 Å². The number of hydrogen-bond acceptors (Lipinski definition) is 2. The Kier molecular flexibility index (Phi) is 0.616. The Balaban J connectivity index is 1.96. The monoisotopic (exact) mass is 126 g/mol.